The number of benzene rings is 4. The molecule has 238 valence electrons. The molecule has 4 N–H and O–H groups in total. The Labute approximate surface area is 271 Å². The summed E-state index contributed by atoms with van der Waals surface area (Å²) in [6, 6.07) is 25.2. The molecule has 46 heavy (non-hydrogen) atoms. The lowest BCUT2D eigenvalue weighted by Gasteiger charge is -2.17. The van der Waals surface area contributed by atoms with Gasteiger partial charge in [-0.1, -0.05) is 31.2 Å². The van der Waals surface area contributed by atoms with Crippen molar-refractivity contribution in [3.63, 3.8) is 0 Å². The SMILES string of the molecule is CCC(Sc1cccc(NC(=O)/C(=C\c2ccc(O)cc2OC)NC(=O)c2ccccc2)c1)C(=O)Nc1cc(OC)ccc1OC. The fourth-order valence-electron chi connectivity index (χ4n) is 4.37. The van der Waals surface area contributed by atoms with Crippen LogP contribution in [0.15, 0.2) is 102 Å². The van der Waals surface area contributed by atoms with Gasteiger partial charge in [0.1, 0.15) is 28.7 Å². The van der Waals surface area contributed by atoms with Gasteiger partial charge in [0.2, 0.25) is 5.91 Å². The zero-order chi connectivity index (χ0) is 33.1. The molecule has 1 atom stereocenters. The van der Waals surface area contributed by atoms with E-state index in [1.807, 2.05) is 13.0 Å². The molecule has 0 heterocycles. The summed E-state index contributed by atoms with van der Waals surface area (Å²) in [6.45, 7) is 1.91. The lowest BCUT2D eigenvalue weighted by molar-refractivity contribution is -0.116. The van der Waals surface area contributed by atoms with Crippen LogP contribution in [0.3, 0.4) is 0 Å². The Hall–Kier alpha value is -5.42. The first-order chi connectivity index (χ1) is 22.2. The predicted octanol–water partition coefficient (Wildman–Crippen LogP) is 6.34. The van der Waals surface area contributed by atoms with E-state index >= 15 is 0 Å². The number of carbonyl (C=O) groups excluding carboxylic acids is 3. The van der Waals surface area contributed by atoms with Crippen molar-refractivity contribution in [1.82, 2.24) is 5.32 Å². The van der Waals surface area contributed by atoms with Crippen LogP contribution in [0.1, 0.15) is 29.3 Å². The van der Waals surface area contributed by atoms with Gasteiger partial charge in [0, 0.05) is 33.8 Å². The summed E-state index contributed by atoms with van der Waals surface area (Å²) in [4.78, 5) is 40.6. The Morgan fingerprint density at radius 2 is 1.59 bits per heavy atom. The van der Waals surface area contributed by atoms with Gasteiger partial charge in [0.25, 0.3) is 11.8 Å². The van der Waals surface area contributed by atoms with Crippen molar-refractivity contribution < 1.29 is 33.7 Å². The first-order valence-electron chi connectivity index (χ1n) is 14.3. The van der Waals surface area contributed by atoms with Crippen LogP contribution in [0.5, 0.6) is 23.0 Å². The van der Waals surface area contributed by atoms with E-state index in [1.54, 1.807) is 79.9 Å². The minimum absolute atomic E-state index is 0.00988. The quantitative estimate of drug-likeness (QED) is 0.0982. The number of hydrogen-bond donors (Lipinski definition) is 4. The van der Waals surface area contributed by atoms with Gasteiger partial charge >= 0.3 is 0 Å². The van der Waals surface area contributed by atoms with Crippen LogP contribution < -0.4 is 30.2 Å². The number of methoxy groups -OCH3 is 3. The third-order valence-corrected chi connectivity index (χ3v) is 8.10. The van der Waals surface area contributed by atoms with E-state index in [2.05, 4.69) is 16.0 Å². The second-order valence-corrected chi connectivity index (χ2v) is 11.1. The number of carbonyl (C=O) groups is 3. The fraction of sp³-hybridized carbons (Fsp3) is 0.171. The lowest BCUT2D eigenvalue weighted by Crippen LogP contribution is -2.30. The number of anilines is 2. The second-order valence-electron chi connectivity index (χ2n) is 9.86. The summed E-state index contributed by atoms with van der Waals surface area (Å²) in [5, 5.41) is 17.9. The summed E-state index contributed by atoms with van der Waals surface area (Å²) in [6.07, 6.45) is 2.00. The highest BCUT2D eigenvalue weighted by molar-refractivity contribution is 8.00. The van der Waals surface area contributed by atoms with E-state index in [-0.39, 0.29) is 17.4 Å². The van der Waals surface area contributed by atoms with Crippen LogP contribution in [-0.4, -0.2) is 49.4 Å². The highest BCUT2D eigenvalue weighted by Crippen LogP contribution is 2.32. The van der Waals surface area contributed by atoms with E-state index in [0.717, 1.165) is 4.90 Å². The van der Waals surface area contributed by atoms with E-state index < -0.39 is 17.1 Å². The van der Waals surface area contributed by atoms with Crippen molar-refractivity contribution in [3.05, 3.63) is 108 Å². The van der Waals surface area contributed by atoms with Crippen molar-refractivity contribution >= 4 is 46.9 Å². The van der Waals surface area contributed by atoms with Crippen molar-refractivity contribution in [2.45, 2.75) is 23.5 Å². The van der Waals surface area contributed by atoms with Gasteiger partial charge in [-0.25, -0.2) is 0 Å². The fourth-order valence-corrected chi connectivity index (χ4v) is 5.39. The van der Waals surface area contributed by atoms with Crippen LogP contribution in [0.25, 0.3) is 6.08 Å². The van der Waals surface area contributed by atoms with Crippen LogP contribution >= 0.6 is 11.8 Å². The zero-order valence-electron chi connectivity index (χ0n) is 25.8. The standard InChI is InChI=1S/C35H35N3O7S/c1-5-32(35(42)37-28-21-26(43-2)16-17-30(28)44-3)46-27-13-9-12-24(19-27)36-34(41)29(38-33(40)22-10-7-6-8-11-22)18-23-14-15-25(39)20-31(23)45-4/h6-21,32,39H,5H2,1-4H3,(H,36,41)(H,37,42)(H,38,40)/b29-18+. The Balaban J connectivity index is 1.54. The number of amides is 3. The number of phenols is 1. The van der Waals surface area contributed by atoms with Crippen molar-refractivity contribution in [2.75, 3.05) is 32.0 Å². The number of thioether (sulfide) groups is 1. The Morgan fingerprint density at radius 3 is 2.28 bits per heavy atom. The van der Waals surface area contributed by atoms with Crippen LogP contribution in [0.4, 0.5) is 11.4 Å². The van der Waals surface area contributed by atoms with Crippen molar-refractivity contribution in [3.8, 4) is 23.0 Å². The average molecular weight is 642 g/mol. The highest BCUT2D eigenvalue weighted by Gasteiger charge is 2.21. The van der Waals surface area contributed by atoms with Gasteiger partial charge in [-0.2, -0.15) is 0 Å². The maximum absolute atomic E-state index is 13.6. The van der Waals surface area contributed by atoms with Crippen LogP contribution in [0, 0.1) is 0 Å². The maximum atomic E-state index is 13.6. The molecule has 4 aromatic rings. The minimum atomic E-state index is -0.587. The molecule has 11 heteroatoms. The predicted molar refractivity (Wildman–Crippen MR) is 180 cm³/mol. The van der Waals surface area contributed by atoms with Gasteiger partial charge in [0.05, 0.1) is 32.3 Å². The molecule has 4 aromatic carbocycles. The van der Waals surface area contributed by atoms with E-state index in [1.165, 1.54) is 44.2 Å². The Morgan fingerprint density at radius 1 is 0.826 bits per heavy atom. The van der Waals surface area contributed by atoms with Gasteiger partial charge in [0.15, 0.2) is 0 Å². The summed E-state index contributed by atoms with van der Waals surface area (Å²) in [7, 11) is 4.51. The number of hydrogen-bond acceptors (Lipinski definition) is 8. The Bertz CT molecular complexity index is 1730. The topological polar surface area (TPSA) is 135 Å². The highest BCUT2D eigenvalue weighted by atomic mass is 32.2. The van der Waals surface area contributed by atoms with Gasteiger partial charge < -0.3 is 35.3 Å². The third-order valence-electron chi connectivity index (χ3n) is 6.74. The second kappa shape index (κ2) is 16.1. The lowest BCUT2D eigenvalue weighted by atomic mass is 10.1. The number of rotatable bonds is 13. The van der Waals surface area contributed by atoms with Gasteiger partial charge in [-0.3, -0.25) is 14.4 Å². The molecule has 3 amide bonds. The molecule has 0 fully saturated rings. The van der Waals surface area contributed by atoms with E-state index in [9.17, 15) is 19.5 Å². The first-order valence-corrected chi connectivity index (χ1v) is 15.2. The molecule has 0 spiro atoms. The van der Waals surface area contributed by atoms with E-state index in [4.69, 9.17) is 14.2 Å². The molecule has 0 radical (unpaired) electrons. The molecule has 0 bridgehead atoms. The molecule has 4 rings (SSSR count). The van der Waals surface area contributed by atoms with Crippen molar-refractivity contribution in [1.29, 1.82) is 0 Å². The normalized spacial score (nSPS) is 11.6. The van der Waals surface area contributed by atoms with Crippen molar-refractivity contribution in [2.24, 2.45) is 0 Å². The zero-order valence-corrected chi connectivity index (χ0v) is 26.6. The van der Waals surface area contributed by atoms with Gasteiger partial charge in [-0.15, -0.1) is 11.8 Å². The summed E-state index contributed by atoms with van der Waals surface area (Å²) in [5.74, 6) is 0.108. The Kier molecular flexibility index (Phi) is 11.7. The smallest absolute Gasteiger partial charge is 0.272 e. The van der Waals surface area contributed by atoms with Crippen LogP contribution in [-0.2, 0) is 9.59 Å². The van der Waals surface area contributed by atoms with Crippen LogP contribution in [0.2, 0.25) is 0 Å². The molecular formula is C35H35N3O7S. The molecule has 10 nitrogen and oxygen atoms in total. The molecule has 0 saturated heterocycles. The maximum Gasteiger partial charge on any atom is 0.272 e. The largest absolute Gasteiger partial charge is 0.508 e. The number of nitrogens with one attached hydrogen (secondary N) is 3. The number of aromatic hydroxyl groups is 1. The number of phenolic OH excluding ortho intramolecular Hbond substituents is 1. The monoisotopic (exact) mass is 641 g/mol. The summed E-state index contributed by atoms with van der Waals surface area (Å²) < 4.78 is 16.0. The number of ether oxygens (including phenoxy) is 3. The molecule has 0 aliphatic carbocycles. The molecule has 0 aliphatic rings. The first kappa shape index (κ1) is 33.5. The average Bonchev–Trinajstić information content (AvgIpc) is 3.07. The van der Waals surface area contributed by atoms with Gasteiger partial charge in [-0.05, 0) is 67.1 Å². The molecular weight excluding hydrogens is 606 g/mol. The third kappa shape index (κ3) is 8.82. The summed E-state index contributed by atoms with van der Waals surface area (Å²) >= 11 is 1.35. The molecule has 0 aliphatic heterocycles. The minimum Gasteiger partial charge on any atom is -0.508 e. The summed E-state index contributed by atoms with van der Waals surface area (Å²) in [5.41, 5.74) is 1.74. The molecule has 0 aromatic heterocycles. The molecule has 0 saturated carbocycles. The molecule has 1 unspecified atom stereocenters. The van der Waals surface area contributed by atoms with E-state index in [0.29, 0.717) is 46.2 Å².